The Morgan fingerprint density at radius 3 is 1.39 bits per heavy atom. The van der Waals surface area contributed by atoms with Crippen molar-refractivity contribution in [3.05, 3.63) is 24.3 Å². The van der Waals surface area contributed by atoms with Crippen LogP contribution in [-0.4, -0.2) is 22.2 Å². The Morgan fingerprint density at radius 2 is 1.09 bits per heavy atom. The first-order valence-electron chi connectivity index (χ1n) is 8.62. The van der Waals surface area contributed by atoms with Gasteiger partial charge in [0.2, 0.25) is 0 Å². The zero-order valence-corrected chi connectivity index (χ0v) is 14.9. The maximum Gasteiger partial charge on any atom is 0.330 e. The number of aliphatic carboxylic acids is 2. The highest BCUT2D eigenvalue weighted by molar-refractivity contribution is 5.85. The smallest absolute Gasteiger partial charge is 0.330 e. The van der Waals surface area contributed by atoms with Crippen LogP contribution >= 0.6 is 0 Å². The van der Waals surface area contributed by atoms with E-state index in [4.69, 9.17) is 10.2 Å². The van der Waals surface area contributed by atoms with Crippen LogP contribution in [0.2, 0.25) is 0 Å². The van der Waals surface area contributed by atoms with Gasteiger partial charge in [-0.05, 0) is 19.8 Å². The second-order valence-corrected chi connectivity index (χ2v) is 5.93. The molecule has 0 radical (unpaired) electrons. The van der Waals surface area contributed by atoms with Crippen molar-refractivity contribution in [2.75, 3.05) is 0 Å². The van der Waals surface area contributed by atoms with Gasteiger partial charge in [0, 0.05) is 11.1 Å². The third kappa shape index (κ3) is 20.4. The molecule has 0 aliphatic carbocycles. The maximum atomic E-state index is 10.5. The molecule has 0 aromatic heterocycles. The first-order valence-corrected chi connectivity index (χ1v) is 8.62. The quantitative estimate of drug-likeness (QED) is 0.342. The molecule has 0 spiro atoms. The second kappa shape index (κ2) is 16.8. The van der Waals surface area contributed by atoms with Crippen molar-refractivity contribution < 1.29 is 19.8 Å². The maximum absolute atomic E-state index is 10.5. The molecular weight excluding hydrogens is 292 g/mol. The molecule has 0 aromatic carbocycles. The van der Waals surface area contributed by atoms with Crippen LogP contribution in [0.5, 0.6) is 0 Å². The lowest BCUT2D eigenvalue weighted by atomic mass is 10.0. The van der Waals surface area contributed by atoms with Gasteiger partial charge in [-0.25, -0.2) is 9.59 Å². The summed E-state index contributed by atoms with van der Waals surface area (Å²) >= 11 is 0. The van der Waals surface area contributed by atoms with E-state index >= 15 is 0 Å². The number of hydrogen-bond acceptors (Lipinski definition) is 2. The Kier molecular flexibility index (Phi) is 17.3. The van der Waals surface area contributed by atoms with E-state index < -0.39 is 11.9 Å². The van der Waals surface area contributed by atoms with E-state index in [0.29, 0.717) is 12.0 Å². The fraction of sp³-hybridized carbons (Fsp3) is 0.684. The molecule has 0 aromatic rings. The molecule has 2 N–H and O–H groups in total. The monoisotopic (exact) mass is 326 g/mol. The minimum absolute atomic E-state index is 0.176. The summed E-state index contributed by atoms with van der Waals surface area (Å²) in [6, 6.07) is 0. The van der Waals surface area contributed by atoms with Crippen LogP contribution in [0.25, 0.3) is 0 Å². The van der Waals surface area contributed by atoms with Gasteiger partial charge >= 0.3 is 11.9 Å². The molecule has 0 saturated heterocycles. The predicted molar refractivity (Wildman–Crippen MR) is 95.7 cm³/mol. The molecule has 0 aliphatic rings. The highest BCUT2D eigenvalue weighted by atomic mass is 16.4. The van der Waals surface area contributed by atoms with Crippen LogP contribution in [0.15, 0.2) is 24.3 Å². The molecule has 23 heavy (non-hydrogen) atoms. The fourth-order valence-electron chi connectivity index (χ4n) is 1.93. The van der Waals surface area contributed by atoms with Gasteiger partial charge in [0.25, 0.3) is 0 Å². The first kappa shape index (κ1) is 23.7. The lowest BCUT2D eigenvalue weighted by molar-refractivity contribution is -0.133. The van der Waals surface area contributed by atoms with Crippen molar-refractivity contribution in [3.8, 4) is 0 Å². The van der Waals surface area contributed by atoms with E-state index in [2.05, 4.69) is 20.1 Å². The topological polar surface area (TPSA) is 74.6 Å². The van der Waals surface area contributed by atoms with Crippen LogP contribution in [0.3, 0.4) is 0 Å². The van der Waals surface area contributed by atoms with Crippen molar-refractivity contribution in [1.29, 1.82) is 0 Å². The third-order valence-corrected chi connectivity index (χ3v) is 3.50. The summed E-state index contributed by atoms with van der Waals surface area (Å²) in [5, 5.41) is 16.5. The summed E-state index contributed by atoms with van der Waals surface area (Å²) in [6.45, 7) is 10.4. The number of carboxylic acid groups (broad SMARTS) is 2. The fourth-order valence-corrected chi connectivity index (χ4v) is 1.93. The molecule has 134 valence electrons. The predicted octanol–water partition coefficient (Wildman–Crippen LogP) is 5.59. The molecular formula is C19H34O4. The van der Waals surface area contributed by atoms with Gasteiger partial charge in [-0.3, -0.25) is 0 Å². The lowest BCUT2D eigenvalue weighted by Crippen LogP contribution is -1.98. The molecule has 4 heteroatoms. The Hall–Kier alpha value is -1.58. The highest BCUT2D eigenvalue weighted by Gasteiger charge is 2.02. The minimum atomic E-state index is -0.935. The van der Waals surface area contributed by atoms with Gasteiger partial charge in [-0.1, -0.05) is 77.9 Å². The van der Waals surface area contributed by atoms with Gasteiger partial charge in [0.05, 0.1) is 0 Å². The molecule has 0 unspecified atom stereocenters. The van der Waals surface area contributed by atoms with Crippen LogP contribution < -0.4 is 0 Å². The normalized spacial score (nSPS) is 9.65. The Labute approximate surface area is 141 Å². The molecule has 0 heterocycles. The van der Waals surface area contributed by atoms with Crippen LogP contribution in [0, 0.1) is 0 Å². The van der Waals surface area contributed by atoms with Crippen LogP contribution in [0.4, 0.5) is 0 Å². The molecule has 0 aliphatic heterocycles. The van der Waals surface area contributed by atoms with E-state index in [-0.39, 0.29) is 5.57 Å². The van der Waals surface area contributed by atoms with Gasteiger partial charge in [0.15, 0.2) is 0 Å². The van der Waals surface area contributed by atoms with E-state index in [1.807, 2.05) is 0 Å². The summed E-state index contributed by atoms with van der Waals surface area (Å²) < 4.78 is 0. The molecule has 0 rings (SSSR count). The lowest BCUT2D eigenvalue weighted by Gasteiger charge is -2.02. The van der Waals surface area contributed by atoms with Gasteiger partial charge in [-0.15, -0.1) is 0 Å². The third-order valence-electron chi connectivity index (χ3n) is 3.50. The van der Waals surface area contributed by atoms with Crippen molar-refractivity contribution in [2.24, 2.45) is 0 Å². The summed E-state index contributed by atoms with van der Waals surface area (Å²) in [5.74, 6) is -1.78. The largest absolute Gasteiger partial charge is 0.478 e. The number of unbranched alkanes of at least 4 members (excludes halogenated alkanes) is 9. The van der Waals surface area contributed by atoms with Crippen LogP contribution in [-0.2, 0) is 9.59 Å². The SMILES string of the molecule is C=C(C)C(=O)O.C=C(CCCCCCCCCCCC)C(=O)O. The zero-order chi connectivity index (χ0) is 18.1. The average Bonchev–Trinajstić information content (AvgIpc) is 2.49. The Balaban J connectivity index is 0. The summed E-state index contributed by atoms with van der Waals surface area (Å²) in [7, 11) is 0. The Morgan fingerprint density at radius 1 is 0.739 bits per heavy atom. The van der Waals surface area contributed by atoms with Crippen molar-refractivity contribution in [1.82, 2.24) is 0 Å². The first-order chi connectivity index (χ1) is 10.8. The van der Waals surface area contributed by atoms with E-state index in [0.717, 1.165) is 12.8 Å². The number of rotatable bonds is 13. The number of carbonyl (C=O) groups is 2. The van der Waals surface area contributed by atoms with Crippen molar-refractivity contribution in [3.63, 3.8) is 0 Å². The van der Waals surface area contributed by atoms with E-state index in [9.17, 15) is 9.59 Å². The van der Waals surface area contributed by atoms with E-state index in [1.165, 1.54) is 58.3 Å². The van der Waals surface area contributed by atoms with Gasteiger partial charge < -0.3 is 10.2 Å². The van der Waals surface area contributed by atoms with Gasteiger partial charge in [0.1, 0.15) is 0 Å². The summed E-state index contributed by atoms with van der Waals surface area (Å²) in [4.78, 5) is 20.1. The molecule has 0 atom stereocenters. The second-order valence-electron chi connectivity index (χ2n) is 5.93. The molecule has 0 amide bonds. The van der Waals surface area contributed by atoms with Gasteiger partial charge in [-0.2, -0.15) is 0 Å². The van der Waals surface area contributed by atoms with Crippen molar-refractivity contribution in [2.45, 2.75) is 84.5 Å². The molecule has 0 saturated carbocycles. The summed E-state index contributed by atoms with van der Waals surface area (Å²) in [6.07, 6.45) is 13.4. The van der Waals surface area contributed by atoms with E-state index in [1.54, 1.807) is 0 Å². The van der Waals surface area contributed by atoms with Crippen LogP contribution in [0.1, 0.15) is 84.5 Å². The highest BCUT2D eigenvalue weighted by Crippen LogP contribution is 2.12. The molecule has 0 bridgehead atoms. The Bertz CT molecular complexity index is 346. The average molecular weight is 326 g/mol. The summed E-state index contributed by atoms with van der Waals surface area (Å²) in [5.41, 5.74) is 0.527. The van der Waals surface area contributed by atoms with Crippen molar-refractivity contribution >= 4 is 11.9 Å². The number of hydrogen-bond donors (Lipinski definition) is 2. The minimum Gasteiger partial charge on any atom is -0.478 e. The zero-order valence-electron chi connectivity index (χ0n) is 14.9. The molecule has 4 nitrogen and oxygen atoms in total. The standard InChI is InChI=1S/C15H28O2.C4H6O2/c1-3-4-5-6-7-8-9-10-11-12-13-14(2)15(16)17;1-3(2)4(5)6/h2-13H2,1H3,(H,16,17);1H2,2H3,(H,5,6). The molecule has 0 fully saturated rings. The number of carboxylic acids is 2.